The average molecular weight is 230 g/mol. The number of hydrogen-bond donors (Lipinski definition) is 0. The van der Waals surface area contributed by atoms with Gasteiger partial charge >= 0.3 is 0 Å². The summed E-state index contributed by atoms with van der Waals surface area (Å²) < 4.78 is 38.0. The highest BCUT2D eigenvalue weighted by atomic mass is 32.2. The third-order valence-electron chi connectivity index (χ3n) is 1.69. The Bertz CT molecular complexity index is 470. The second-order valence-corrected chi connectivity index (χ2v) is 4.67. The molecule has 0 saturated heterocycles. The molecule has 15 heavy (non-hydrogen) atoms. The number of hydrogen-bond acceptors (Lipinski definition) is 3. The lowest BCUT2D eigenvalue weighted by molar-refractivity contribution is 0.0974. The summed E-state index contributed by atoms with van der Waals surface area (Å²) in [4.78, 5) is 11.3. The fourth-order valence-electron chi connectivity index (χ4n) is 0.875. The summed E-state index contributed by atoms with van der Waals surface area (Å²) in [6.07, 6.45) is 0. The molecule has 4 nitrogen and oxygen atoms in total. The summed E-state index contributed by atoms with van der Waals surface area (Å²) >= 11 is 0. The molecule has 0 aliphatic rings. The van der Waals surface area contributed by atoms with Crippen molar-refractivity contribution in [2.24, 2.45) is 0 Å². The van der Waals surface area contributed by atoms with Crippen molar-refractivity contribution < 1.29 is 17.6 Å². The SMILES string of the molecule is CCS(=O)(=O)[N]C(=O)c1ccccc1F. The topological polar surface area (TPSA) is 65.3 Å². The third kappa shape index (κ3) is 3.02. The Morgan fingerprint density at radius 3 is 2.53 bits per heavy atom. The lowest BCUT2D eigenvalue weighted by Crippen LogP contribution is -2.25. The van der Waals surface area contributed by atoms with Gasteiger partial charge in [-0.1, -0.05) is 12.1 Å². The molecule has 81 valence electrons. The Kier molecular flexibility index (Phi) is 3.41. The van der Waals surface area contributed by atoms with Crippen LogP contribution >= 0.6 is 0 Å². The first-order chi connectivity index (χ1) is 6.96. The van der Waals surface area contributed by atoms with Gasteiger partial charge in [-0.2, -0.15) is 0 Å². The van der Waals surface area contributed by atoms with Crippen molar-refractivity contribution in [1.82, 2.24) is 4.72 Å². The van der Waals surface area contributed by atoms with Gasteiger partial charge in [0.1, 0.15) is 5.82 Å². The van der Waals surface area contributed by atoms with Crippen LogP contribution in [0.1, 0.15) is 17.3 Å². The Hall–Kier alpha value is -1.43. The zero-order chi connectivity index (χ0) is 11.5. The molecule has 0 fully saturated rings. The number of halogens is 1. The molecule has 1 aromatic carbocycles. The van der Waals surface area contributed by atoms with Gasteiger partial charge in [-0.25, -0.2) is 12.8 Å². The van der Waals surface area contributed by atoms with Crippen LogP contribution in [0.2, 0.25) is 0 Å². The summed E-state index contributed by atoms with van der Waals surface area (Å²) in [6.45, 7) is 1.35. The van der Waals surface area contributed by atoms with Gasteiger partial charge < -0.3 is 0 Å². The van der Waals surface area contributed by atoms with Crippen molar-refractivity contribution in [2.75, 3.05) is 5.75 Å². The number of rotatable bonds is 3. The van der Waals surface area contributed by atoms with E-state index in [2.05, 4.69) is 4.72 Å². The van der Waals surface area contributed by atoms with Crippen molar-refractivity contribution in [1.29, 1.82) is 0 Å². The second kappa shape index (κ2) is 4.39. The summed E-state index contributed by atoms with van der Waals surface area (Å²) in [5.74, 6) is -2.14. The third-order valence-corrected chi connectivity index (χ3v) is 2.86. The fraction of sp³-hybridized carbons (Fsp3) is 0.222. The molecule has 0 bridgehead atoms. The van der Waals surface area contributed by atoms with E-state index >= 15 is 0 Å². The molecule has 0 N–H and O–H groups in total. The van der Waals surface area contributed by atoms with Crippen molar-refractivity contribution in [2.45, 2.75) is 6.92 Å². The first-order valence-corrected chi connectivity index (χ1v) is 5.81. The lowest BCUT2D eigenvalue weighted by atomic mass is 10.2. The Morgan fingerprint density at radius 1 is 1.40 bits per heavy atom. The normalized spacial score (nSPS) is 11.1. The van der Waals surface area contributed by atoms with Gasteiger partial charge in [0.15, 0.2) is 0 Å². The average Bonchev–Trinajstić information content (AvgIpc) is 2.17. The predicted octanol–water partition coefficient (Wildman–Crippen LogP) is 0.920. The molecule has 0 aliphatic carbocycles. The number of benzene rings is 1. The predicted molar refractivity (Wildman–Crippen MR) is 52.3 cm³/mol. The highest BCUT2D eigenvalue weighted by molar-refractivity contribution is 7.89. The fourth-order valence-corrected chi connectivity index (χ4v) is 1.35. The van der Waals surface area contributed by atoms with Crippen LogP contribution in [0.3, 0.4) is 0 Å². The quantitative estimate of drug-likeness (QED) is 0.775. The second-order valence-electron chi connectivity index (χ2n) is 2.75. The Balaban J connectivity index is 2.93. The van der Waals surface area contributed by atoms with Crippen LogP contribution in [0, 0.1) is 5.82 Å². The molecule has 0 aliphatic heterocycles. The minimum atomic E-state index is -3.77. The van der Waals surface area contributed by atoms with Gasteiger partial charge in [0.25, 0.3) is 15.9 Å². The van der Waals surface area contributed by atoms with Gasteiger partial charge in [-0.3, -0.25) is 4.79 Å². The van der Waals surface area contributed by atoms with Gasteiger partial charge in [0, 0.05) is 0 Å². The van der Waals surface area contributed by atoms with Crippen LogP contribution in [0.25, 0.3) is 0 Å². The summed E-state index contributed by atoms with van der Waals surface area (Å²) in [7, 11) is -3.77. The molecular formula is C9H9FNO3S. The van der Waals surface area contributed by atoms with Gasteiger partial charge in [0.05, 0.1) is 11.3 Å². The van der Waals surface area contributed by atoms with Crippen LogP contribution < -0.4 is 4.72 Å². The van der Waals surface area contributed by atoms with E-state index < -0.39 is 21.7 Å². The van der Waals surface area contributed by atoms with E-state index in [1.165, 1.54) is 25.1 Å². The maximum absolute atomic E-state index is 13.0. The van der Waals surface area contributed by atoms with E-state index in [4.69, 9.17) is 0 Å². The molecule has 0 unspecified atom stereocenters. The molecule has 1 radical (unpaired) electrons. The maximum atomic E-state index is 13.0. The van der Waals surface area contributed by atoms with Crippen LogP contribution in [-0.4, -0.2) is 20.1 Å². The van der Waals surface area contributed by atoms with E-state index in [-0.39, 0.29) is 11.3 Å². The molecule has 1 amide bonds. The number of nitrogens with zero attached hydrogens (tertiary/aromatic N) is 1. The highest BCUT2D eigenvalue weighted by Crippen LogP contribution is 2.07. The summed E-state index contributed by atoms with van der Waals surface area (Å²) in [5.41, 5.74) is -0.338. The van der Waals surface area contributed by atoms with Crippen LogP contribution in [0.5, 0.6) is 0 Å². The maximum Gasteiger partial charge on any atom is 0.290 e. The van der Waals surface area contributed by atoms with E-state index in [1.807, 2.05) is 0 Å². The standard InChI is InChI=1S/C9H9FNO3S/c1-2-15(13,14)11-9(12)7-5-3-4-6-8(7)10/h3-6H,2H2,1H3. The molecule has 0 spiro atoms. The van der Waals surface area contributed by atoms with Gasteiger partial charge in [-0.05, 0) is 19.1 Å². The summed E-state index contributed by atoms with van der Waals surface area (Å²) in [6, 6.07) is 5.10. The number of amides is 1. The van der Waals surface area contributed by atoms with Gasteiger partial charge in [0.2, 0.25) is 0 Å². The smallest absolute Gasteiger partial charge is 0.266 e. The highest BCUT2D eigenvalue weighted by Gasteiger charge is 2.19. The number of carbonyl (C=O) groups excluding carboxylic acids is 1. The van der Waals surface area contributed by atoms with Gasteiger partial charge in [-0.15, -0.1) is 4.72 Å². The van der Waals surface area contributed by atoms with E-state index in [1.54, 1.807) is 0 Å². The largest absolute Gasteiger partial charge is 0.290 e. The molecule has 1 aromatic rings. The van der Waals surface area contributed by atoms with Crippen LogP contribution in [0.15, 0.2) is 24.3 Å². The van der Waals surface area contributed by atoms with E-state index in [9.17, 15) is 17.6 Å². The molecule has 0 aromatic heterocycles. The first-order valence-electron chi connectivity index (χ1n) is 4.21. The van der Waals surface area contributed by atoms with Crippen molar-refractivity contribution in [3.05, 3.63) is 35.6 Å². The zero-order valence-electron chi connectivity index (χ0n) is 7.97. The van der Waals surface area contributed by atoms with Crippen LogP contribution in [-0.2, 0) is 10.0 Å². The number of sulfonamides is 1. The van der Waals surface area contributed by atoms with Crippen molar-refractivity contribution in [3.63, 3.8) is 0 Å². The van der Waals surface area contributed by atoms with E-state index in [0.29, 0.717) is 0 Å². The van der Waals surface area contributed by atoms with Crippen molar-refractivity contribution >= 4 is 15.9 Å². The monoisotopic (exact) mass is 230 g/mol. The summed E-state index contributed by atoms with van der Waals surface area (Å²) in [5, 5.41) is 0. The minimum Gasteiger partial charge on any atom is -0.266 e. The van der Waals surface area contributed by atoms with Crippen LogP contribution in [0.4, 0.5) is 4.39 Å². The molecule has 1 rings (SSSR count). The number of carbonyl (C=O) groups is 1. The lowest BCUT2D eigenvalue weighted by Gasteiger charge is -2.01. The molecular weight excluding hydrogens is 221 g/mol. The molecule has 0 saturated carbocycles. The molecule has 6 heteroatoms. The van der Waals surface area contributed by atoms with E-state index in [0.717, 1.165) is 6.07 Å². The Labute approximate surface area is 87.2 Å². The zero-order valence-corrected chi connectivity index (χ0v) is 8.79. The minimum absolute atomic E-state index is 0.285. The first kappa shape index (κ1) is 11.6. The Morgan fingerprint density at radius 2 is 2.00 bits per heavy atom. The van der Waals surface area contributed by atoms with Crippen molar-refractivity contribution in [3.8, 4) is 0 Å². The molecule has 0 atom stereocenters. The molecule has 0 heterocycles.